The number of rotatable bonds is 3. The summed E-state index contributed by atoms with van der Waals surface area (Å²) < 4.78 is 30.4. The van der Waals surface area contributed by atoms with Crippen LogP contribution in [0.5, 0.6) is 0 Å². The molecule has 9 nitrogen and oxygen atoms in total. The first-order chi connectivity index (χ1) is 14.7. The summed E-state index contributed by atoms with van der Waals surface area (Å²) in [4.78, 5) is 40.7. The molecule has 2 fully saturated rings. The first kappa shape index (κ1) is 21.4. The van der Waals surface area contributed by atoms with Crippen molar-refractivity contribution in [1.29, 1.82) is 0 Å². The van der Waals surface area contributed by atoms with Gasteiger partial charge in [-0.1, -0.05) is 18.5 Å². The van der Waals surface area contributed by atoms with Gasteiger partial charge >= 0.3 is 0 Å². The maximum Gasteiger partial charge on any atom is 0.289 e. The van der Waals surface area contributed by atoms with E-state index in [1.807, 2.05) is 0 Å². The van der Waals surface area contributed by atoms with Crippen molar-refractivity contribution in [3.05, 3.63) is 52.9 Å². The first-order valence-electron chi connectivity index (χ1n) is 9.67. The zero-order valence-corrected chi connectivity index (χ0v) is 18.2. The smallest absolute Gasteiger partial charge is 0.289 e. The van der Waals surface area contributed by atoms with Crippen molar-refractivity contribution in [2.24, 2.45) is 5.92 Å². The molecule has 3 heterocycles. The van der Waals surface area contributed by atoms with Gasteiger partial charge in [-0.15, -0.1) is 0 Å². The van der Waals surface area contributed by atoms with E-state index >= 15 is 0 Å². The van der Waals surface area contributed by atoms with Gasteiger partial charge < -0.3 is 14.2 Å². The number of piperazine rings is 1. The largest absolute Gasteiger partial charge is 0.459 e. The van der Waals surface area contributed by atoms with Gasteiger partial charge in [-0.05, 0) is 30.3 Å². The summed E-state index contributed by atoms with van der Waals surface area (Å²) in [6.45, 7) is 2.88. The number of hydrogen-bond acceptors (Lipinski definition) is 6. The van der Waals surface area contributed by atoms with Gasteiger partial charge in [0.15, 0.2) is 5.76 Å². The minimum absolute atomic E-state index is 0.0548. The van der Waals surface area contributed by atoms with Crippen LogP contribution in [0.3, 0.4) is 0 Å². The second-order valence-electron chi connectivity index (χ2n) is 7.51. The molecule has 164 valence electrons. The highest BCUT2D eigenvalue weighted by atomic mass is 35.5. The molecule has 3 amide bonds. The average molecular weight is 466 g/mol. The van der Waals surface area contributed by atoms with E-state index in [4.69, 9.17) is 16.0 Å². The zero-order valence-electron chi connectivity index (χ0n) is 16.7. The lowest BCUT2D eigenvalue weighted by Crippen LogP contribution is -2.50. The maximum absolute atomic E-state index is 12.9. The van der Waals surface area contributed by atoms with E-state index in [2.05, 4.69) is 0 Å². The van der Waals surface area contributed by atoms with Gasteiger partial charge in [0, 0.05) is 26.2 Å². The molecule has 2 aliphatic rings. The van der Waals surface area contributed by atoms with E-state index in [-0.39, 0.29) is 39.6 Å². The lowest BCUT2D eigenvalue weighted by atomic mass is 10.1. The number of amides is 3. The van der Waals surface area contributed by atoms with Crippen LogP contribution in [0.4, 0.5) is 5.69 Å². The second kappa shape index (κ2) is 8.01. The quantitative estimate of drug-likeness (QED) is 0.684. The molecule has 0 spiro atoms. The molecule has 0 unspecified atom stereocenters. The number of carbonyl (C=O) groups is 3. The summed E-state index contributed by atoms with van der Waals surface area (Å²) >= 11 is 6.29. The molecule has 1 atom stereocenters. The Bertz CT molecular complexity index is 1140. The van der Waals surface area contributed by atoms with Crippen LogP contribution in [0.1, 0.15) is 27.8 Å². The Morgan fingerprint density at radius 2 is 1.71 bits per heavy atom. The second-order valence-corrected chi connectivity index (χ2v) is 9.78. The molecule has 11 heteroatoms. The maximum atomic E-state index is 12.9. The van der Waals surface area contributed by atoms with Crippen molar-refractivity contribution in [3.63, 3.8) is 0 Å². The van der Waals surface area contributed by atoms with Crippen LogP contribution >= 0.6 is 11.6 Å². The molecule has 0 aliphatic carbocycles. The van der Waals surface area contributed by atoms with Crippen LogP contribution in [0.2, 0.25) is 5.02 Å². The predicted octanol–water partition coefficient (Wildman–Crippen LogP) is 1.84. The SMILES string of the molecule is C[C@H]1CS(=O)(=O)N(c2ccc(C(=O)N3CCN(C(=O)c4ccco4)CC3)c(Cl)c2)C1=O. The van der Waals surface area contributed by atoms with Gasteiger partial charge in [-0.3, -0.25) is 14.4 Å². The molecule has 1 aromatic carbocycles. The number of hydrogen-bond donors (Lipinski definition) is 0. The number of halogens is 1. The molecule has 2 saturated heterocycles. The molecule has 2 aromatic rings. The summed E-state index contributed by atoms with van der Waals surface area (Å²) in [5, 5.41) is 0.0548. The van der Waals surface area contributed by atoms with Gasteiger partial charge in [0.05, 0.1) is 34.2 Å². The number of benzene rings is 1. The highest BCUT2D eigenvalue weighted by Gasteiger charge is 2.42. The standard InChI is InChI=1S/C20H20ClN3O6S/c1-13-12-31(28,29)24(18(13)25)14-4-5-15(16(21)11-14)19(26)22-6-8-23(9-7-22)20(27)17-3-2-10-30-17/h2-5,10-11,13H,6-9,12H2,1H3/t13-/m0/s1. The van der Waals surface area contributed by atoms with Crippen molar-refractivity contribution in [2.45, 2.75) is 6.92 Å². The fraction of sp³-hybridized carbons (Fsp3) is 0.350. The van der Waals surface area contributed by atoms with Gasteiger partial charge in [-0.2, -0.15) is 0 Å². The third kappa shape index (κ3) is 3.92. The zero-order chi connectivity index (χ0) is 22.3. The normalized spacial score (nSPS) is 20.9. The number of furan rings is 1. The molecule has 0 saturated carbocycles. The van der Waals surface area contributed by atoms with E-state index in [9.17, 15) is 22.8 Å². The Balaban J connectivity index is 1.46. The average Bonchev–Trinajstić information content (AvgIpc) is 3.33. The van der Waals surface area contributed by atoms with E-state index in [0.29, 0.717) is 26.2 Å². The van der Waals surface area contributed by atoms with Gasteiger partial charge in [-0.25, -0.2) is 12.7 Å². The predicted molar refractivity (Wildman–Crippen MR) is 112 cm³/mol. The number of anilines is 1. The van der Waals surface area contributed by atoms with Crippen LogP contribution in [-0.2, 0) is 14.8 Å². The van der Waals surface area contributed by atoms with Gasteiger partial charge in [0.1, 0.15) is 0 Å². The van der Waals surface area contributed by atoms with Crippen molar-refractivity contribution >= 4 is 45.0 Å². The van der Waals surface area contributed by atoms with Crippen molar-refractivity contribution in [2.75, 3.05) is 36.2 Å². The highest BCUT2D eigenvalue weighted by molar-refractivity contribution is 7.94. The molecule has 4 rings (SSSR count). The number of carbonyl (C=O) groups excluding carboxylic acids is 3. The summed E-state index contributed by atoms with van der Waals surface area (Å²) in [5.41, 5.74) is 0.318. The van der Waals surface area contributed by atoms with Crippen molar-refractivity contribution < 1.29 is 27.2 Å². The molecule has 0 N–H and O–H groups in total. The fourth-order valence-corrected chi connectivity index (χ4v) is 5.80. The van der Waals surface area contributed by atoms with E-state index in [0.717, 1.165) is 4.31 Å². The summed E-state index contributed by atoms with van der Waals surface area (Å²) in [6, 6.07) is 7.38. The van der Waals surface area contributed by atoms with Crippen molar-refractivity contribution in [3.8, 4) is 0 Å². The van der Waals surface area contributed by atoms with Gasteiger partial charge in [0.25, 0.3) is 11.8 Å². The summed E-state index contributed by atoms with van der Waals surface area (Å²) in [5.74, 6) is -1.72. The lowest BCUT2D eigenvalue weighted by molar-refractivity contribution is -0.119. The van der Waals surface area contributed by atoms with Crippen LogP contribution in [0.25, 0.3) is 0 Å². The Morgan fingerprint density at radius 3 is 2.23 bits per heavy atom. The molecule has 1 aromatic heterocycles. The van der Waals surface area contributed by atoms with Gasteiger partial charge in [0.2, 0.25) is 15.9 Å². The van der Waals surface area contributed by atoms with Crippen LogP contribution in [0, 0.1) is 5.92 Å². The molecule has 31 heavy (non-hydrogen) atoms. The highest BCUT2D eigenvalue weighted by Crippen LogP contribution is 2.32. The minimum atomic E-state index is -3.76. The fourth-order valence-electron chi connectivity index (χ4n) is 3.73. The third-order valence-electron chi connectivity index (χ3n) is 5.36. The Labute approximate surface area is 184 Å². The van der Waals surface area contributed by atoms with Crippen LogP contribution < -0.4 is 4.31 Å². The molecule has 0 radical (unpaired) electrons. The Kier molecular flexibility index (Phi) is 5.52. The first-order valence-corrected chi connectivity index (χ1v) is 11.7. The topological polar surface area (TPSA) is 108 Å². The van der Waals surface area contributed by atoms with E-state index < -0.39 is 21.8 Å². The molecular formula is C20H20ClN3O6S. The van der Waals surface area contributed by atoms with Crippen LogP contribution in [-0.4, -0.2) is 67.9 Å². The van der Waals surface area contributed by atoms with Crippen molar-refractivity contribution in [1.82, 2.24) is 9.80 Å². The lowest BCUT2D eigenvalue weighted by Gasteiger charge is -2.34. The van der Waals surface area contributed by atoms with Crippen LogP contribution in [0.15, 0.2) is 41.0 Å². The number of nitrogens with zero attached hydrogens (tertiary/aromatic N) is 3. The van der Waals surface area contributed by atoms with E-state index in [1.54, 1.807) is 28.9 Å². The number of sulfonamides is 1. The molecular weight excluding hydrogens is 446 g/mol. The Hall–Kier alpha value is -2.85. The Morgan fingerprint density at radius 1 is 1.06 bits per heavy atom. The minimum Gasteiger partial charge on any atom is -0.459 e. The third-order valence-corrected chi connectivity index (χ3v) is 7.55. The monoisotopic (exact) mass is 465 g/mol. The summed E-state index contributed by atoms with van der Waals surface area (Å²) in [7, 11) is -3.76. The molecule has 0 bridgehead atoms. The molecule has 2 aliphatic heterocycles. The van der Waals surface area contributed by atoms with E-state index in [1.165, 1.54) is 24.5 Å². The summed E-state index contributed by atoms with van der Waals surface area (Å²) in [6.07, 6.45) is 1.43.